The van der Waals surface area contributed by atoms with Crippen molar-refractivity contribution in [3.63, 3.8) is 0 Å². The molecule has 0 bridgehead atoms. The molecule has 1 N–H and O–H groups in total. The van der Waals surface area contributed by atoms with Crippen LogP contribution in [0.25, 0.3) is 0 Å². The summed E-state index contributed by atoms with van der Waals surface area (Å²) in [4.78, 5) is 12.3. The first kappa shape index (κ1) is 18.8. The second-order valence-electron chi connectivity index (χ2n) is 5.10. The highest BCUT2D eigenvalue weighted by Gasteiger charge is 2.31. The Balaban J connectivity index is 3.08. The lowest BCUT2D eigenvalue weighted by Crippen LogP contribution is -2.49. The third-order valence-electron chi connectivity index (χ3n) is 3.24. The van der Waals surface area contributed by atoms with Gasteiger partial charge in [0.1, 0.15) is 6.04 Å². The summed E-state index contributed by atoms with van der Waals surface area (Å²) in [6.07, 6.45) is 3.31. The number of carbonyl (C=O) groups excluding carboxylic acids is 1. The number of amides is 1. The zero-order chi connectivity index (χ0) is 16.8. The molecule has 124 valence electrons. The van der Waals surface area contributed by atoms with E-state index < -0.39 is 16.1 Å². The van der Waals surface area contributed by atoms with E-state index in [9.17, 15) is 13.2 Å². The number of sulfonamides is 1. The maximum Gasteiger partial charge on any atom is 0.243 e. The SMILES string of the molecule is CCCCNC(=O)[C@@H](CC)N(c1ccc(Cl)cc1)S(C)(=O)=O. The molecule has 0 saturated heterocycles. The van der Waals surface area contributed by atoms with Crippen molar-refractivity contribution in [3.8, 4) is 0 Å². The van der Waals surface area contributed by atoms with Crippen molar-refractivity contribution < 1.29 is 13.2 Å². The monoisotopic (exact) mass is 346 g/mol. The van der Waals surface area contributed by atoms with E-state index in [4.69, 9.17) is 11.6 Å². The summed E-state index contributed by atoms with van der Waals surface area (Å²) in [5.74, 6) is -0.281. The lowest BCUT2D eigenvalue weighted by atomic mass is 10.2. The molecular weight excluding hydrogens is 324 g/mol. The normalized spacial score (nSPS) is 12.7. The zero-order valence-electron chi connectivity index (χ0n) is 13.2. The van der Waals surface area contributed by atoms with Gasteiger partial charge in [0.25, 0.3) is 0 Å². The van der Waals surface area contributed by atoms with Crippen molar-refractivity contribution in [2.75, 3.05) is 17.1 Å². The van der Waals surface area contributed by atoms with Gasteiger partial charge < -0.3 is 5.32 Å². The van der Waals surface area contributed by atoms with Crippen molar-refractivity contribution in [2.45, 2.75) is 39.2 Å². The summed E-state index contributed by atoms with van der Waals surface area (Å²) < 4.78 is 25.5. The first-order valence-electron chi connectivity index (χ1n) is 7.34. The molecule has 0 aliphatic rings. The van der Waals surface area contributed by atoms with E-state index in [1.54, 1.807) is 31.2 Å². The van der Waals surface area contributed by atoms with Crippen LogP contribution in [0.4, 0.5) is 5.69 Å². The molecule has 0 fully saturated rings. The highest BCUT2D eigenvalue weighted by atomic mass is 35.5. The topological polar surface area (TPSA) is 66.5 Å². The Morgan fingerprint density at radius 2 is 1.86 bits per heavy atom. The zero-order valence-corrected chi connectivity index (χ0v) is 14.7. The molecule has 1 rings (SSSR count). The fourth-order valence-corrected chi connectivity index (χ4v) is 3.49. The fourth-order valence-electron chi connectivity index (χ4n) is 2.15. The quantitative estimate of drug-likeness (QED) is 0.736. The van der Waals surface area contributed by atoms with E-state index in [1.165, 1.54) is 0 Å². The van der Waals surface area contributed by atoms with Crippen molar-refractivity contribution in [3.05, 3.63) is 29.3 Å². The van der Waals surface area contributed by atoms with E-state index in [0.29, 0.717) is 23.7 Å². The second kappa shape index (κ2) is 8.39. The third kappa shape index (κ3) is 5.18. The summed E-state index contributed by atoms with van der Waals surface area (Å²) in [7, 11) is -3.59. The molecule has 22 heavy (non-hydrogen) atoms. The van der Waals surface area contributed by atoms with Crippen LogP contribution in [0.15, 0.2) is 24.3 Å². The van der Waals surface area contributed by atoms with Gasteiger partial charge in [-0.05, 0) is 37.1 Å². The number of anilines is 1. The number of benzene rings is 1. The Morgan fingerprint density at radius 3 is 2.32 bits per heavy atom. The average molecular weight is 347 g/mol. The van der Waals surface area contributed by atoms with Crippen molar-refractivity contribution in [2.24, 2.45) is 0 Å². The largest absolute Gasteiger partial charge is 0.354 e. The van der Waals surface area contributed by atoms with Gasteiger partial charge in [-0.2, -0.15) is 0 Å². The molecule has 0 aliphatic heterocycles. The van der Waals surface area contributed by atoms with Crippen LogP contribution >= 0.6 is 11.6 Å². The molecule has 7 heteroatoms. The van der Waals surface area contributed by atoms with E-state index in [0.717, 1.165) is 23.4 Å². The number of unbranched alkanes of at least 4 members (excludes halogenated alkanes) is 1. The Morgan fingerprint density at radius 1 is 1.27 bits per heavy atom. The molecule has 0 aliphatic carbocycles. The number of nitrogens with one attached hydrogen (secondary N) is 1. The van der Waals surface area contributed by atoms with Crippen molar-refractivity contribution in [1.82, 2.24) is 5.32 Å². The van der Waals surface area contributed by atoms with Crippen LogP contribution in [0.3, 0.4) is 0 Å². The van der Waals surface area contributed by atoms with E-state index in [1.807, 2.05) is 6.92 Å². The molecule has 0 radical (unpaired) electrons. The van der Waals surface area contributed by atoms with Crippen LogP contribution in [-0.2, 0) is 14.8 Å². The lowest BCUT2D eigenvalue weighted by Gasteiger charge is -2.30. The Kier molecular flexibility index (Phi) is 7.16. The van der Waals surface area contributed by atoms with Crippen LogP contribution in [0, 0.1) is 0 Å². The molecule has 0 saturated carbocycles. The van der Waals surface area contributed by atoms with Gasteiger partial charge in [-0.3, -0.25) is 9.10 Å². The van der Waals surface area contributed by atoms with E-state index in [2.05, 4.69) is 5.32 Å². The van der Waals surface area contributed by atoms with Crippen molar-refractivity contribution >= 4 is 33.2 Å². The predicted molar refractivity (Wildman–Crippen MR) is 90.8 cm³/mol. The van der Waals surface area contributed by atoms with Crippen molar-refractivity contribution in [1.29, 1.82) is 0 Å². The first-order chi connectivity index (χ1) is 10.3. The molecule has 1 aromatic carbocycles. The van der Waals surface area contributed by atoms with Crippen LogP contribution in [0.2, 0.25) is 5.02 Å². The van der Waals surface area contributed by atoms with Gasteiger partial charge in [0, 0.05) is 11.6 Å². The van der Waals surface area contributed by atoms with Crippen LogP contribution in [0.5, 0.6) is 0 Å². The second-order valence-corrected chi connectivity index (χ2v) is 7.40. The summed E-state index contributed by atoms with van der Waals surface area (Å²) >= 11 is 5.84. The standard InChI is InChI=1S/C15H23ClN2O3S/c1-4-6-11-17-15(19)14(5-2)18(22(3,20)21)13-9-7-12(16)8-10-13/h7-10,14H,4-6,11H2,1-3H3,(H,17,19)/t14-/m1/s1. The number of rotatable bonds is 8. The molecule has 1 atom stereocenters. The first-order valence-corrected chi connectivity index (χ1v) is 9.56. The van der Waals surface area contributed by atoms with E-state index >= 15 is 0 Å². The fraction of sp³-hybridized carbons (Fsp3) is 0.533. The summed E-state index contributed by atoms with van der Waals surface area (Å²) in [6.45, 7) is 4.36. The minimum absolute atomic E-state index is 0.281. The Bertz CT molecular complexity index is 587. The predicted octanol–water partition coefficient (Wildman–Crippen LogP) is 2.80. The number of hydrogen-bond acceptors (Lipinski definition) is 3. The molecule has 5 nitrogen and oxygen atoms in total. The molecule has 0 heterocycles. The van der Waals surface area contributed by atoms with Gasteiger partial charge in [0.15, 0.2) is 0 Å². The minimum Gasteiger partial charge on any atom is -0.354 e. The number of hydrogen-bond donors (Lipinski definition) is 1. The van der Waals surface area contributed by atoms with Gasteiger partial charge in [0.2, 0.25) is 15.9 Å². The molecule has 1 amide bonds. The average Bonchev–Trinajstić information content (AvgIpc) is 2.44. The molecular formula is C15H23ClN2O3S. The molecule has 1 aromatic rings. The summed E-state index contributed by atoms with van der Waals surface area (Å²) in [5, 5.41) is 3.31. The lowest BCUT2D eigenvalue weighted by molar-refractivity contribution is -0.122. The minimum atomic E-state index is -3.59. The van der Waals surface area contributed by atoms with Gasteiger partial charge >= 0.3 is 0 Å². The maximum atomic E-state index is 12.3. The molecule has 0 aromatic heterocycles. The number of carbonyl (C=O) groups is 1. The van der Waals surface area contributed by atoms with Crippen LogP contribution < -0.4 is 9.62 Å². The summed E-state index contributed by atoms with van der Waals surface area (Å²) in [5.41, 5.74) is 0.435. The number of halogens is 1. The van der Waals surface area contributed by atoms with E-state index in [-0.39, 0.29) is 5.91 Å². The highest BCUT2D eigenvalue weighted by molar-refractivity contribution is 7.92. The van der Waals surface area contributed by atoms with Gasteiger partial charge in [-0.15, -0.1) is 0 Å². The highest BCUT2D eigenvalue weighted by Crippen LogP contribution is 2.24. The van der Waals surface area contributed by atoms with Crippen LogP contribution in [0.1, 0.15) is 33.1 Å². The van der Waals surface area contributed by atoms with Gasteiger partial charge in [-0.1, -0.05) is 31.9 Å². The smallest absolute Gasteiger partial charge is 0.243 e. The Hall–Kier alpha value is -1.27. The molecule has 0 spiro atoms. The van der Waals surface area contributed by atoms with Crippen LogP contribution in [-0.4, -0.2) is 33.2 Å². The van der Waals surface area contributed by atoms with Gasteiger partial charge in [-0.25, -0.2) is 8.42 Å². The maximum absolute atomic E-state index is 12.3. The molecule has 0 unspecified atom stereocenters. The van der Waals surface area contributed by atoms with Gasteiger partial charge in [0.05, 0.1) is 11.9 Å². The number of nitrogens with zero attached hydrogens (tertiary/aromatic N) is 1. The summed E-state index contributed by atoms with van der Waals surface area (Å²) in [6, 6.07) is 5.65. The Labute approximate surface area is 137 Å². The third-order valence-corrected chi connectivity index (χ3v) is 4.67.